The lowest BCUT2D eigenvalue weighted by atomic mass is 9.95. The molecule has 0 fully saturated rings. The molecule has 6 heteroatoms. The first-order chi connectivity index (χ1) is 10.9. The summed E-state index contributed by atoms with van der Waals surface area (Å²) in [5.74, 6) is 0.468. The van der Waals surface area contributed by atoms with Gasteiger partial charge < -0.3 is 10.3 Å². The number of nitrogens with zero attached hydrogens (tertiary/aromatic N) is 3. The van der Waals surface area contributed by atoms with Gasteiger partial charge in [-0.3, -0.25) is 4.98 Å². The van der Waals surface area contributed by atoms with Crippen LogP contribution in [0.2, 0.25) is 0 Å². The summed E-state index contributed by atoms with van der Waals surface area (Å²) in [6, 6.07) is 3.72. The van der Waals surface area contributed by atoms with E-state index in [2.05, 4.69) is 25.3 Å². The van der Waals surface area contributed by atoms with E-state index in [9.17, 15) is 4.39 Å². The van der Waals surface area contributed by atoms with Gasteiger partial charge in [0.25, 0.3) is 0 Å². The molecule has 0 aliphatic heterocycles. The van der Waals surface area contributed by atoms with Crippen LogP contribution in [0.25, 0.3) is 11.0 Å². The minimum absolute atomic E-state index is 0.468. The van der Waals surface area contributed by atoms with E-state index in [1.54, 1.807) is 26.2 Å². The van der Waals surface area contributed by atoms with Crippen molar-refractivity contribution in [3.8, 4) is 0 Å². The van der Waals surface area contributed by atoms with Gasteiger partial charge in [0.2, 0.25) is 5.95 Å². The highest BCUT2D eigenvalue weighted by molar-refractivity contribution is 5.85. The minimum atomic E-state index is -1.45. The predicted molar refractivity (Wildman–Crippen MR) is 89.7 cm³/mol. The molecule has 3 heterocycles. The third kappa shape index (κ3) is 2.88. The Morgan fingerprint density at radius 3 is 2.70 bits per heavy atom. The second-order valence-corrected chi connectivity index (χ2v) is 6.03. The van der Waals surface area contributed by atoms with Crippen molar-refractivity contribution in [3.05, 3.63) is 41.5 Å². The number of halogens is 1. The molecule has 0 bridgehead atoms. The number of rotatable bonds is 4. The molecule has 2 N–H and O–H groups in total. The van der Waals surface area contributed by atoms with Crippen LogP contribution in [0.1, 0.15) is 37.7 Å². The van der Waals surface area contributed by atoms with Crippen LogP contribution in [0.15, 0.2) is 24.5 Å². The molecule has 0 saturated carbocycles. The number of H-pyrrole nitrogens is 1. The lowest BCUT2D eigenvalue weighted by Crippen LogP contribution is -2.12. The lowest BCUT2D eigenvalue weighted by Gasteiger charge is -2.16. The van der Waals surface area contributed by atoms with E-state index < -0.39 is 5.67 Å². The third-order valence-electron chi connectivity index (χ3n) is 3.78. The first kappa shape index (κ1) is 15.4. The number of fused-ring (bicyclic) bond motifs is 1. The number of hydrogen-bond acceptors (Lipinski definition) is 4. The first-order valence-electron chi connectivity index (χ1n) is 7.65. The zero-order valence-corrected chi connectivity index (χ0v) is 13.7. The molecule has 0 spiro atoms. The van der Waals surface area contributed by atoms with Crippen LogP contribution in [0.3, 0.4) is 0 Å². The summed E-state index contributed by atoms with van der Waals surface area (Å²) >= 11 is 0. The zero-order valence-electron chi connectivity index (χ0n) is 13.7. The van der Waals surface area contributed by atoms with Gasteiger partial charge in [-0.1, -0.05) is 6.92 Å². The second-order valence-electron chi connectivity index (χ2n) is 6.03. The summed E-state index contributed by atoms with van der Waals surface area (Å²) in [5, 5.41) is 3.89. The van der Waals surface area contributed by atoms with E-state index >= 15 is 0 Å². The number of aromatic nitrogens is 4. The lowest BCUT2D eigenvalue weighted by molar-refractivity contribution is 0.222. The molecule has 0 aliphatic carbocycles. The summed E-state index contributed by atoms with van der Waals surface area (Å²) in [4.78, 5) is 16.3. The predicted octanol–water partition coefficient (Wildman–Crippen LogP) is 4.17. The average Bonchev–Trinajstić information content (AvgIpc) is 2.87. The molecule has 0 aromatic carbocycles. The number of nitrogens with one attached hydrogen (secondary N) is 2. The van der Waals surface area contributed by atoms with E-state index in [4.69, 9.17) is 0 Å². The van der Waals surface area contributed by atoms with Crippen molar-refractivity contribution >= 4 is 22.7 Å². The number of aryl methyl sites for hydroxylation is 2. The highest BCUT2D eigenvalue weighted by atomic mass is 19.1. The van der Waals surface area contributed by atoms with Crippen molar-refractivity contribution in [2.75, 3.05) is 5.32 Å². The largest absolute Gasteiger partial charge is 0.343 e. The molecule has 0 radical (unpaired) electrons. The highest BCUT2D eigenvalue weighted by Gasteiger charge is 2.28. The summed E-state index contributed by atoms with van der Waals surface area (Å²) in [5.41, 5.74) is 2.28. The smallest absolute Gasteiger partial charge is 0.229 e. The molecule has 3 rings (SSSR count). The van der Waals surface area contributed by atoms with Gasteiger partial charge in [-0.2, -0.15) is 4.98 Å². The van der Waals surface area contributed by atoms with Crippen LogP contribution in [0, 0.1) is 6.92 Å². The molecular formula is C17H20FN5. The summed E-state index contributed by atoms with van der Waals surface area (Å²) in [7, 11) is 0. The Morgan fingerprint density at radius 1 is 1.30 bits per heavy atom. The van der Waals surface area contributed by atoms with Gasteiger partial charge in [0.05, 0.1) is 17.6 Å². The van der Waals surface area contributed by atoms with Crippen molar-refractivity contribution < 1.29 is 4.39 Å². The second kappa shape index (κ2) is 5.61. The first-order valence-corrected chi connectivity index (χ1v) is 7.65. The summed E-state index contributed by atoms with van der Waals surface area (Å²) in [6.45, 7) is 7.00. The van der Waals surface area contributed by atoms with Gasteiger partial charge in [0, 0.05) is 22.8 Å². The Labute approximate surface area is 134 Å². The number of alkyl halides is 1. The van der Waals surface area contributed by atoms with Crippen molar-refractivity contribution in [3.63, 3.8) is 0 Å². The Bertz CT molecular complexity index is 834. The van der Waals surface area contributed by atoms with E-state index in [0.29, 0.717) is 23.6 Å². The van der Waals surface area contributed by atoms with Crippen LogP contribution in [0.5, 0.6) is 0 Å². The van der Waals surface area contributed by atoms with Gasteiger partial charge in [0.1, 0.15) is 11.3 Å². The molecule has 5 nitrogen and oxygen atoms in total. The Kier molecular flexibility index (Phi) is 3.75. The summed E-state index contributed by atoms with van der Waals surface area (Å²) < 4.78 is 14.7. The van der Waals surface area contributed by atoms with Crippen LogP contribution in [0.4, 0.5) is 16.0 Å². The maximum Gasteiger partial charge on any atom is 0.229 e. The minimum Gasteiger partial charge on any atom is -0.343 e. The highest BCUT2D eigenvalue weighted by Crippen LogP contribution is 2.36. The van der Waals surface area contributed by atoms with Crippen LogP contribution in [-0.4, -0.2) is 19.9 Å². The number of pyridine rings is 1. The fourth-order valence-corrected chi connectivity index (χ4v) is 2.86. The fraction of sp³-hybridized carbons (Fsp3) is 0.353. The number of anilines is 2. The monoisotopic (exact) mass is 313 g/mol. The van der Waals surface area contributed by atoms with Gasteiger partial charge in [-0.05, 0) is 39.3 Å². The normalized spacial score (nSPS) is 11.9. The van der Waals surface area contributed by atoms with Crippen molar-refractivity contribution in [1.82, 2.24) is 19.9 Å². The molecular weight excluding hydrogens is 293 g/mol. The topological polar surface area (TPSA) is 66.5 Å². The maximum atomic E-state index is 14.7. The van der Waals surface area contributed by atoms with Gasteiger partial charge in [0.15, 0.2) is 0 Å². The zero-order chi connectivity index (χ0) is 16.6. The number of aromatic amines is 1. The molecule has 0 aliphatic rings. The fourth-order valence-electron chi connectivity index (χ4n) is 2.86. The average molecular weight is 313 g/mol. The Morgan fingerprint density at radius 2 is 2.09 bits per heavy atom. The molecule has 0 amide bonds. The summed E-state index contributed by atoms with van der Waals surface area (Å²) in [6.07, 6.45) is 4.11. The molecule has 0 unspecified atom stereocenters. The van der Waals surface area contributed by atoms with Crippen molar-refractivity contribution in [2.45, 2.75) is 39.8 Å². The number of hydrogen-bond donors (Lipinski definition) is 2. The van der Waals surface area contributed by atoms with Crippen molar-refractivity contribution in [2.24, 2.45) is 0 Å². The molecule has 3 aromatic heterocycles. The van der Waals surface area contributed by atoms with Gasteiger partial charge in [-0.15, -0.1) is 0 Å². The van der Waals surface area contributed by atoms with Crippen molar-refractivity contribution in [1.29, 1.82) is 0 Å². The van der Waals surface area contributed by atoms with Gasteiger partial charge in [-0.25, -0.2) is 9.37 Å². The standard InChI is InChI=1S/C17H20FN5/c1-5-12-14(17(3,4)18)13-10(2)20-16(23-15(13)22-12)21-11-7-6-8-19-9-11/h6-9H,5H2,1-4H3,(H2,20,21,22,23). The van der Waals surface area contributed by atoms with E-state index in [-0.39, 0.29) is 0 Å². The van der Waals surface area contributed by atoms with E-state index in [1.807, 2.05) is 26.0 Å². The van der Waals surface area contributed by atoms with E-state index in [1.165, 1.54) is 0 Å². The molecule has 23 heavy (non-hydrogen) atoms. The SMILES string of the molecule is CCc1[nH]c2nc(Nc3cccnc3)nc(C)c2c1C(C)(C)F. The van der Waals surface area contributed by atoms with Crippen LogP contribution in [-0.2, 0) is 12.1 Å². The quantitative estimate of drug-likeness (QED) is 0.758. The molecule has 0 saturated heterocycles. The van der Waals surface area contributed by atoms with Gasteiger partial charge >= 0.3 is 0 Å². The molecule has 0 atom stereocenters. The molecule has 3 aromatic rings. The van der Waals surface area contributed by atoms with Crippen LogP contribution < -0.4 is 5.32 Å². The third-order valence-corrected chi connectivity index (χ3v) is 3.78. The Balaban J connectivity index is 2.13. The Hall–Kier alpha value is -2.50. The van der Waals surface area contributed by atoms with E-state index in [0.717, 1.165) is 22.5 Å². The molecule has 120 valence electrons. The van der Waals surface area contributed by atoms with Crippen LogP contribution >= 0.6 is 0 Å². The maximum absolute atomic E-state index is 14.7.